The quantitative estimate of drug-likeness (QED) is 0.106. The first-order valence-corrected chi connectivity index (χ1v) is 18.8. The lowest BCUT2D eigenvalue weighted by Crippen LogP contribution is -2.59. The van der Waals surface area contributed by atoms with Crippen LogP contribution in [0.2, 0.25) is 0 Å². The standard InChI is InChI=1S/C37H52N4O14/c1-48-19-7-17-38-18-21-49-34-16-11-27(22-32(34)38)25-51-35-24-39(37(43)50-20-6-5-10-31(55-41(46)47)26-52-40(44)45)23-33(42)36(35)54-30-14-12-29(13-15-30)53-28-8-3-2-4-9-28/h2-4,8-9,11,16,22,29-31,33,35-36,42H,5-7,10,12-15,17-21,23-26H2,1H3. The number of carbonyl (C=O) groups excluding carboxylic acids is 1. The number of fused-ring (bicyclic) bond motifs is 1. The number of piperidine rings is 1. The van der Waals surface area contributed by atoms with Crippen molar-refractivity contribution in [3.05, 3.63) is 74.3 Å². The summed E-state index contributed by atoms with van der Waals surface area (Å²) in [6.07, 6.45) is 0.360. The van der Waals surface area contributed by atoms with Gasteiger partial charge in [0.1, 0.15) is 49.1 Å². The van der Waals surface area contributed by atoms with Gasteiger partial charge in [0.05, 0.1) is 50.7 Å². The van der Waals surface area contributed by atoms with Crippen molar-refractivity contribution >= 4 is 11.8 Å². The average molecular weight is 777 g/mol. The molecule has 5 rings (SSSR count). The number of amides is 1. The van der Waals surface area contributed by atoms with Crippen molar-refractivity contribution < 1.29 is 58.2 Å². The summed E-state index contributed by atoms with van der Waals surface area (Å²) in [4.78, 5) is 46.8. The molecule has 2 aliphatic heterocycles. The third-order valence-corrected chi connectivity index (χ3v) is 9.80. The molecule has 18 heteroatoms. The monoisotopic (exact) mass is 776 g/mol. The molecule has 55 heavy (non-hydrogen) atoms. The summed E-state index contributed by atoms with van der Waals surface area (Å²) in [5, 5.41) is 30.6. The first-order chi connectivity index (χ1) is 26.7. The zero-order chi connectivity index (χ0) is 39.0. The van der Waals surface area contributed by atoms with E-state index in [4.69, 9.17) is 28.4 Å². The molecule has 1 amide bonds. The molecule has 1 aliphatic carbocycles. The highest BCUT2D eigenvalue weighted by molar-refractivity contribution is 5.68. The molecule has 4 atom stereocenters. The van der Waals surface area contributed by atoms with Crippen LogP contribution in [0.5, 0.6) is 11.5 Å². The van der Waals surface area contributed by atoms with E-state index in [1.807, 2.05) is 48.5 Å². The number of aliphatic hydroxyl groups is 1. The van der Waals surface area contributed by atoms with Gasteiger partial charge in [0.25, 0.3) is 10.2 Å². The Morgan fingerprint density at radius 1 is 0.982 bits per heavy atom. The SMILES string of the molecule is COCCCN1CCOc2ccc(COC3CN(C(=O)OCCCCC(CO[N+](=O)[O-])O[N+](=O)[O-])CC(O)C3OC3CCC(Oc4ccccc4)CC3)cc21. The number of hydrogen-bond acceptors (Lipinski definition) is 15. The summed E-state index contributed by atoms with van der Waals surface area (Å²) < 4.78 is 35.8. The minimum Gasteiger partial charge on any atom is -0.490 e. The highest BCUT2D eigenvalue weighted by Gasteiger charge is 2.42. The maximum Gasteiger partial charge on any atom is 0.409 e. The number of para-hydroxylation sites is 1. The fourth-order valence-electron chi connectivity index (χ4n) is 7.05. The summed E-state index contributed by atoms with van der Waals surface area (Å²) in [6, 6.07) is 15.6. The van der Waals surface area contributed by atoms with Gasteiger partial charge in [0.15, 0.2) is 0 Å². The van der Waals surface area contributed by atoms with Crippen LogP contribution in [0.1, 0.15) is 56.9 Å². The van der Waals surface area contributed by atoms with Gasteiger partial charge in [-0.25, -0.2) is 4.79 Å². The fraction of sp³-hybridized carbons (Fsp3) is 0.649. The molecular formula is C37H52N4O14. The molecule has 0 spiro atoms. The Labute approximate surface area is 319 Å². The third-order valence-electron chi connectivity index (χ3n) is 9.80. The van der Waals surface area contributed by atoms with Crippen LogP contribution in [-0.2, 0) is 35.2 Å². The summed E-state index contributed by atoms with van der Waals surface area (Å²) in [6.45, 7) is 2.48. The van der Waals surface area contributed by atoms with E-state index in [2.05, 4.69) is 14.6 Å². The number of hydrogen-bond donors (Lipinski definition) is 1. The Morgan fingerprint density at radius 2 is 1.76 bits per heavy atom. The van der Waals surface area contributed by atoms with Gasteiger partial charge in [-0.15, -0.1) is 20.2 Å². The second kappa shape index (κ2) is 21.4. The molecule has 3 aliphatic rings. The molecule has 1 saturated heterocycles. The van der Waals surface area contributed by atoms with Crippen molar-refractivity contribution in [1.82, 2.24) is 4.90 Å². The second-order valence-electron chi connectivity index (χ2n) is 13.8. The van der Waals surface area contributed by atoms with Crippen LogP contribution in [0.15, 0.2) is 48.5 Å². The molecule has 2 fully saturated rings. The zero-order valence-electron chi connectivity index (χ0n) is 31.1. The Balaban J connectivity index is 1.18. The maximum absolute atomic E-state index is 13.2. The lowest BCUT2D eigenvalue weighted by Gasteiger charge is -2.43. The van der Waals surface area contributed by atoms with E-state index >= 15 is 0 Å². The number of rotatable bonds is 21. The number of likely N-dealkylation sites (tertiary alicyclic amines) is 1. The number of unbranched alkanes of at least 4 members (excludes halogenated alkanes) is 1. The largest absolute Gasteiger partial charge is 0.490 e. The van der Waals surface area contributed by atoms with Gasteiger partial charge in [0.2, 0.25) is 0 Å². The maximum atomic E-state index is 13.2. The normalized spacial score (nSPS) is 22.8. The smallest absolute Gasteiger partial charge is 0.409 e. The lowest BCUT2D eigenvalue weighted by atomic mass is 9.93. The predicted molar refractivity (Wildman–Crippen MR) is 195 cm³/mol. The van der Waals surface area contributed by atoms with Gasteiger partial charge < -0.3 is 53.0 Å². The van der Waals surface area contributed by atoms with E-state index < -0.39 is 47.3 Å². The Kier molecular flexibility index (Phi) is 16.2. The number of ether oxygens (including phenoxy) is 6. The Bertz CT molecular complexity index is 1500. The average Bonchev–Trinajstić information content (AvgIpc) is 3.17. The zero-order valence-corrected chi connectivity index (χ0v) is 31.1. The van der Waals surface area contributed by atoms with Gasteiger partial charge in [-0.2, -0.15) is 0 Å². The first kappa shape index (κ1) is 41.5. The molecule has 1 N–H and O–H groups in total. The van der Waals surface area contributed by atoms with E-state index in [0.717, 1.165) is 67.9 Å². The van der Waals surface area contributed by atoms with Crippen LogP contribution >= 0.6 is 0 Å². The molecule has 2 heterocycles. The second-order valence-corrected chi connectivity index (χ2v) is 13.8. The highest BCUT2D eigenvalue weighted by atomic mass is 17.0. The first-order valence-electron chi connectivity index (χ1n) is 18.8. The summed E-state index contributed by atoms with van der Waals surface area (Å²) in [5.41, 5.74) is 1.87. The van der Waals surface area contributed by atoms with Crippen LogP contribution in [0.3, 0.4) is 0 Å². The molecule has 2 aromatic carbocycles. The van der Waals surface area contributed by atoms with Crippen molar-refractivity contribution in [2.75, 3.05) is 64.6 Å². The van der Waals surface area contributed by atoms with E-state index in [1.54, 1.807) is 7.11 Å². The molecule has 0 radical (unpaired) electrons. The van der Waals surface area contributed by atoms with Crippen LogP contribution in [0.25, 0.3) is 0 Å². The van der Waals surface area contributed by atoms with Gasteiger partial charge in [-0.3, -0.25) is 0 Å². The molecule has 0 bridgehead atoms. The molecule has 18 nitrogen and oxygen atoms in total. The number of carbonyl (C=O) groups is 1. The number of β-amino-alcohol motifs (C(OH)–C–C–N with tert-alkyl or cyclic N) is 1. The third kappa shape index (κ3) is 13.3. The number of anilines is 1. The minimum absolute atomic E-state index is 0.0233. The Morgan fingerprint density at radius 3 is 2.51 bits per heavy atom. The predicted octanol–water partition coefficient (Wildman–Crippen LogP) is 4.35. The van der Waals surface area contributed by atoms with E-state index in [1.165, 1.54) is 4.90 Å². The summed E-state index contributed by atoms with van der Waals surface area (Å²) in [5.74, 6) is 1.63. The van der Waals surface area contributed by atoms with Crippen molar-refractivity contribution in [1.29, 1.82) is 0 Å². The molecule has 2 aromatic rings. The van der Waals surface area contributed by atoms with Crippen molar-refractivity contribution in [2.45, 2.75) is 94.6 Å². The van der Waals surface area contributed by atoms with Crippen molar-refractivity contribution in [3.8, 4) is 11.5 Å². The summed E-state index contributed by atoms with van der Waals surface area (Å²) >= 11 is 0. The van der Waals surface area contributed by atoms with Gasteiger partial charge >= 0.3 is 6.09 Å². The number of aliphatic hydroxyl groups excluding tert-OH is 1. The van der Waals surface area contributed by atoms with Gasteiger partial charge in [-0.1, -0.05) is 24.3 Å². The van der Waals surface area contributed by atoms with Crippen LogP contribution in [0.4, 0.5) is 10.5 Å². The van der Waals surface area contributed by atoms with Crippen LogP contribution in [0, 0.1) is 20.2 Å². The minimum atomic E-state index is -1.14. The number of methoxy groups -OCH3 is 1. The van der Waals surface area contributed by atoms with E-state index in [0.29, 0.717) is 26.1 Å². The van der Waals surface area contributed by atoms with Gasteiger partial charge in [0, 0.05) is 20.3 Å². The van der Waals surface area contributed by atoms with Crippen molar-refractivity contribution in [3.63, 3.8) is 0 Å². The van der Waals surface area contributed by atoms with Crippen LogP contribution in [-0.4, -0.2) is 123 Å². The van der Waals surface area contributed by atoms with E-state index in [9.17, 15) is 30.1 Å². The molecular weight excluding hydrogens is 724 g/mol. The Hall–Kier alpha value is -4.65. The van der Waals surface area contributed by atoms with Gasteiger partial charge in [-0.05, 0) is 81.2 Å². The summed E-state index contributed by atoms with van der Waals surface area (Å²) in [7, 11) is 1.69. The molecule has 4 unspecified atom stereocenters. The molecule has 0 aromatic heterocycles. The lowest BCUT2D eigenvalue weighted by molar-refractivity contribution is -0.790. The fourth-order valence-corrected chi connectivity index (χ4v) is 7.05. The number of nitrogens with zero attached hydrogens (tertiary/aromatic N) is 4. The molecule has 1 saturated carbocycles. The van der Waals surface area contributed by atoms with Crippen LogP contribution < -0.4 is 14.4 Å². The van der Waals surface area contributed by atoms with Crippen molar-refractivity contribution in [2.24, 2.45) is 0 Å². The van der Waals surface area contributed by atoms with E-state index in [-0.39, 0.29) is 44.9 Å². The highest BCUT2D eigenvalue weighted by Crippen LogP contribution is 2.34. The number of benzene rings is 2. The topological polar surface area (TPSA) is 204 Å². The molecule has 304 valence electrons.